The Hall–Kier alpha value is -0.990. The summed E-state index contributed by atoms with van der Waals surface area (Å²) >= 11 is 0. The molecular weight excluding hydrogens is 568 g/mol. The van der Waals surface area contributed by atoms with Crippen LogP contribution >= 0.6 is 0 Å². The monoisotopic (exact) mass is 630 g/mol. The second-order valence-electron chi connectivity index (χ2n) is 18.6. The molecular formula is C38H62O7. The Morgan fingerprint density at radius 3 is 2.27 bits per heavy atom. The minimum Gasteiger partial charge on any atom is -0.454 e. The second-order valence-corrected chi connectivity index (χ2v) is 18.6. The smallest absolute Gasteiger partial charge is 0.303 e. The first kappa shape index (κ1) is 33.9. The van der Waals surface area contributed by atoms with Gasteiger partial charge >= 0.3 is 5.97 Å². The fourth-order valence-corrected chi connectivity index (χ4v) is 12.4. The van der Waals surface area contributed by atoms with Gasteiger partial charge in [-0.25, -0.2) is 0 Å². The Kier molecular flexibility index (Phi) is 8.30. The molecule has 5 fully saturated rings. The normalized spacial score (nSPS) is 51.9. The number of ether oxygens (including phenoxy) is 3. The predicted molar refractivity (Wildman–Crippen MR) is 173 cm³/mol. The van der Waals surface area contributed by atoms with Crippen LogP contribution in [0.3, 0.4) is 0 Å². The lowest BCUT2D eigenvalue weighted by Gasteiger charge is -2.71. The van der Waals surface area contributed by atoms with Crippen LogP contribution in [0, 0.1) is 50.2 Å². The summed E-state index contributed by atoms with van der Waals surface area (Å²) in [6.07, 6.45) is 8.56. The zero-order chi connectivity index (χ0) is 33.0. The van der Waals surface area contributed by atoms with Crippen LogP contribution < -0.4 is 0 Å². The predicted octanol–water partition coefficient (Wildman–Crippen LogP) is 6.56. The average Bonchev–Trinajstić information content (AvgIpc) is 2.95. The Balaban J connectivity index is 1.27. The first-order valence-electron chi connectivity index (χ1n) is 18.0. The first-order valence-corrected chi connectivity index (χ1v) is 18.0. The van der Waals surface area contributed by atoms with E-state index in [4.69, 9.17) is 14.2 Å². The number of aliphatic hydroxyl groups is 3. The van der Waals surface area contributed by atoms with E-state index in [2.05, 4.69) is 61.5 Å². The molecule has 256 valence electrons. The van der Waals surface area contributed by atoms with Crippen LogP contribution in [0.15, 0.2) is 11.6 Å². The van der Waals surface area contributed by atoms with Gasteiger partial charge in [-0.2, -0.15) is 0 Å². The zero-order valence-electron chi connectivity index (χ0n) is 29.5. The number of hydrogen-bond donors (Lipinski definition) is 3. The van der Waals surface area contributed by atoms with Crippen LogP contribution in [0.4, 0.5) is 0 Å². The molecule has 13 atom stereocenters. The molecule has 6 rings (SSSR count). The lowest BCUT2D eigenvalue weighted by molar-refractivity contribution is -0.331. The molecule has 0 amide bonds. The molecule has 45 heavy (non-hydrogen) atoms. The molecule has 13 unspecified atom stereocenters. The lowest BCUT2D eigenvalue weighted by Crippen LogP contribution is -2.65. The van der Waals surface area contributed by atoms with E-state index in [9.17, 15) is 20.1 Å². The van der Waals surface area contributed by atoms with Gasteiger partial charge in [0.1, 0.15) is 18.3 Å². The van der Waals surface area contributed by atoms with E-state index in [0.717, 1.165) is 25.7 Å². The standard InChI is InChI=1S/C38H62O7/c1-22(40)43-31-30(42)29(41)25(21-39)44-32(31)45-28-13-14-36(7)26(34(28,4)5)12-15-38(9)27(36)11-10-23-24-20-33(2,3)16-17-35(24,6)18-19-37(23,38)8/h10,24-32,39,41-42H,11-21H2,1-9H3. The van der Waals surface area contributed by atoms with E-state index >= 15 is 0 Å². The van der Waals surface area contributed by atoms with Crippen molar-refractivity contribution < 1.29 is 34.3 Å². The SMILES string of the molecule is CC(=O)OC1C(OC2CCC3(C)C(CCC4(C)C3CC=C3C5CC(C)(C)CCC5(C)CCC34C)C2(C)C)OC(CO)C(O)C1O. The molecule has 0 bridgehead atoms. The molecule has 7 heteroatoms. The summed E-state index contributed by atoms with van der Waals surface area (Å²) in [4.78, 5) is 11.9. The molecule has 0 spiro atoms. The molecule has 0 radical (unpaired) electrons. The number of rotatable bonds is 4. The first-order chi connectivity index (χ1) is 20.8. The van der Waals surface area contributed by atoms with E-state index in [1.807, 2.05) is 0 Å². The van der Waals surface area contributed by atoms with Crippen LogP contribution in [0.5, 0.6) is 0 Å². The largest absolute Gasteiger partial charge is 0.454 e. The zero-order valence-corrected chi connectivity index (χ0v) is 29.5. The third kappa shape index (κ3) is 5.02. The summed E-state index contributed by atoms with van der Waals surface area (Å²) in [5.41, 5.74) is 3.07. The van der Waals surface area contributed by atoms with E-state index < -0.39 is 43.3 Å². The highest BCUT2D eigenvalue weighted by atomic mass is 16.7. The van der Waals surface area contributed by atoms with Crippen molar-refractivity contribution in [2.45, 2.75) is 163 Å². The number of aliphatic hydroxyl groups excluding tert-OH is 3. The molecule has 4 saturated carbocycles. The quantitative estimate of drug-likeness (QED) is 0.183. The van der Waals surface area contributed by atoms with E-state index in [0.29, 0.717) is 28.6 Å². The van der Waals surface area contributed by atoms with Gasteiger partial charge in [-0.05, 0) is 114 Å². The minimum absolute atomic E-state index is 0.153. The van der Waals surface area contributed by atoms with Gasteiger partial charge in [-0.1, -0.05) is 67.0 Å². The van der Waals surface area contributed by atoms with E-state index in [-0.39, 0.29) is 27.8 Å². The summed E-state index contributed by atoms with van der Waals surface area (Å²) in [6, 6.07) is 0. The molecule has 0 aromatic carbocycles. The fraction of sp³-hybridized carbons (Fsp3) is 0.921. The Labute approximate surface area is 271 Å². The third-order valence-electron chi connectivity index (χ3n) is 15.4. The van der Waals surface area contributed by atoms with E-state index in [1.54, 1.807) is 5.57 Å². The second kappa shape index (κ2) is 11.0. The highest BCUT2D eigenvalue weighted by Gasteiger charge is 2.68. The van der Waals surface area contributed by atoms with Gasteiger partial charge in [0.05, 0.1) is 12.7 Å². The summed E-state index contributed by atoms with van der Waals surface area (Å²) in [5.74, 6) is 1.14. The van der Waals surface area contributed by atoms with Gasteiger partial charge < -0.3 is 29.5 Å². The number of esters is 1. The summed E-state index contributed by atoms with van der Waals surface area (Å²) in [5, 5.41) is 31.2. The molecule has 5 aliphatic carbocycles. The maximum atomic E-state index is 11.9. The maximum absolute atomic E-state index is 11.9. The van der Waals surface area contributed by atoms with Crippen molar-refractivity contribution in [2.75, 3.05) is 6.61 Å². The van der Waals surface area contributed by atoms with Crippen molar-refractivity contribution in [3.8, 4) is 0 Å². The van der Waals surface area contributed by atoms with Crippen molar-refractivity contribution in [1.29, 1.82) is 0 Å². The molecule has 1 heterocycles. The van der Waals surface area contributed by atoms with Gasteiger partial charge in [-0.3, -0.25) is 4.79 Å². The van der Waals surface area contributed by atoms with Gasteiger partial charge in [0.2, 0.25) is 0 Å². The molecule has 1 aliphatic heterocycles. The number of fused-ring (bicyclic) bond motifs is 7. The highest BCUT2D eigenvalue weighted by Crippen LogP contribution is 2.75. The van der Waals surface area contributed by atoms with Crippen molar-refractivity contribution in [3.63, 3.8) is 0 Å². The third-order valence-corrected chi connectivity index (χ3v) is 15.4. The number of allylic oxidation sites excluding steroid dienone is 2. The van der Waals surface area contributed by atoms with Gasteiger partial charge in [0, 0.05) is 6.92 Å². The van der Waals surface area contributed by atoms with Crippen LogP contribution in [0.25, 0.3) is 0 Å². The van der Waals surface area contributed by atoms with Crippen LogP contribution in [0.2, 0.25) is 0 Å². The molecule has 3 N–H and O–H groups in total. The number of carbonyl (C=O) groups excluding carboxylic acids is 1. The molecule has 1 saturated heterocycles. The summed E-state index contributed by atoms with van der Waals surface area (Å²) < 4.78 is 18.1. The molecule has 0 aromatic heterocycles. The van der Waals surface area contributed by atoms with Gasteiger partial charge in [0.15, 0.2) is 12.4 Å². The molecule has 0 aromatic rings. The average molecular weight is 631 g/mol. The van der Waals surface area contributed by atoms with Crippen LogP contribution in [-0.2, 0) is 19.0 Å². The lowest BCUT2D eigenvalue weighted by atomic mass is 9.33. The Morgan fingerprint density at radius 2 is 1.60 bits per heavy atom. The maximum Gasteiger partial charge on any atom is 0.303 e. The van der Waals surface area contributed by atoms with Crippen molar-refractivity contribution >= 4 is 5.97 Å². The van der Waals surface area contributed by atoms with Crippen LogP contribution in [-0.4, -0.2) is 64.7 Å². The van der Waals surface area contributed by atoms with E-state index in [1.165, 1.54) is 45.4 Å². The number of hydrogen-bond acceptors (Lipinski definition) is 7. The Morgan fingerprint density at radius 1 is 0.911 bits per heavy atom. The summed E-state index contributed by atoms with van der Waals surface area (Å²) in [6.45, 7) is 20.9. The minimum atomic E-state index is -1.41. The van der Waals surface area contributed by atoms with Gasteiger partial charge in [0.25, 0.3) is 0 Å². The van der Waals surface area contributed by atoms with Crippen LogP contribution in [0.1, 0.15) is 127 Å². The Bertz CT molecular complexity index is 1190. The molecule has 6 aliphatic rings. The van der Waals surface area contributed by atoms with Crippen molar-refractivity contribution in [2.24, 2.45) is 50.2 Å². The van der Waals surface area contributed by atoms with Crippen molar-refractivity contribution in [3.05, 3.63) is 11.6 Å². The number of carbonyl (C=O) groups is 1. The highest BCUT2D eigenvalue weighted by molar-refractivity contribution is 5.66. The molecule has 7 nitrogen and oxygen atoms in total. The fourth-order valence-electron chi connectivity index (χ4n) is 12.4. The van der Waals surface area contributed by atoms with Crippen molar-refractivity contribution in [1.82, 2.24) is 0 Å². The topological polar surface area (TPSA) is 105 Å². The van der Waals surface area contributed by atoms with Gasteiger partial charge in [-0.15, -0.1) is 0 Å². The summed E-state index contributed by atoms with van der Waals surface area (Å²) in [7, 11) is 0.